The van der Waals surface area contributed by atoms with E-state index in [0.717, 1.165) is 11.0 Å². The molecule has 0 aliphatic carbocycles. The van der Waals surface area contributed by atoms with Gasteiger partial charge in [-0.1, -0.05) is 0 Å². The van der Waals surface area contributed by atoms with Gasteiger partial charge in [0, 0.05) is 0 Å². The molecule has 0 fully saturated rings. The molecular formula is C22H26N2S4Sn. The Morgan fingerprint density at radius 3 is 1.38 bits per heavy atom. The third-order valence-electron chi connectivity index (χ3n) is 4.99. The number of thiazole rings is 2. The minimum atomic E-state index is -3.07. The van der Waals surface area contributed by atoms with Crippen molar-refractivity contribution in [2.75, 3.05) is 0 Å². The van der Waals surface area contributed by atoms with E-state index in [9.17, 15) is 0 Å². The fraction of sp³-hybridized carbons (Fsp3) is 0.364. The number of fused-ring (bicyclic) bond motifs is 2. The third-order valence-corrected chi connectivity index (χ3v) is 50.6. The van der Waals surface area contributed by atoms with Crippen LogP contribution in [0.1, 0.15) is 41.5 Å². The number of aromatic nitrogens is 2. The fourth-order valence-corrected chi connectivity index (χ4v) is 43.7. The van der Waals surface area contributed by atoms with Crippen molar-refractivity contribution in [3.05, 3.63) is 48.5 Å². The first-order valence-electron chi connectivity index (χ1n) is 9.68. The van der Waals surface area contributed by atoms with E-state index in [0.29, 0.717) is 0 Å². The van der Waals surface area contributed by atoms with Crippen LogP contribution < -0.4 is 0 Å². The summed E-state index contributed by atoms with van der Waals surface area (Å²) in [5, 5.41) is 0. The number of rotatable bonds is 4. The van der Waals surface area contributed by atoms with Crippen molar-refractivity contribution in [2.45, 2.75) is 57.1 Å². The van der Waals surface area contributed by atoms with E-state index >= 15 is 0 Å². The number of benzene rings is 2. The molecule has 4 aromatic rings. The number of para-hydroxylation sites is 2. The predicted octanol–water partition coefficient (Wildman–Crippen LogP) is 8.83. The van der Waals surface area contributed by atoms with Crippen LogP contribution in [0.2, 0.25) is 6.86 Å². The molecule has 4 rings (SSSR count). The van der Waals surface area contributed by atoms with Gasteiger partial charge < -0.3 is 0 Å². The van der Waals surface area contributed by atoms with Crippen LogP contribution in [0.4, 0.5) is 0 Å². The van der Waals surface area contributed by atoms with E-state index in [4.69, 9.17) is 9.97 Å². The van der Waals surface area contributed by atoms with Crippen molar-refractivity contribution >= 4 is 76.6 Å². The molecule has 0 aliphatic heterocycles. The maximum atomic E-state index is 5.01. The van der Waals surface area contributed by atoms with Gasteiger partial charge in [0.1, 0.15) is 0 Å². The van der Waals surface area contributed by atoms with E-state index in [2.05, 4.69) is 108 Å². The first-order chi connectivity index (χ1) is 13.6. The average molecular weight is 565 g/mol. The Kier molecular flexibility index (Phi) is 6.05. The standard InChI is InChI=1S/2C7H5NS2.2C4H9.Sn/c2*9-7-8-5-3-1-2-4-6(5)10-7;2*1-4(2)3;/h2*1-4H,(H,8,9);2*1-3H3;/q;;;;+2/p-2. The number of hydrogen-bond acceptors (Lipinski definition) is 6. The van der Waals surface area contributed by atoms with Crippen molar-refractivity contribution in [2.24, 2.45) is 0 Å². The second kappa shape index (κ2) is 8.01. The Hall–Kier alpha value is -0.281. The first kappa shape index (κ1) is 21.9. The number of hydrogen-bond donors (Lipinski definition) is 0. The van der Waals surface area contributed by atoms with Crippen LogP contribution in [0, 0.1) is 0 Å². The van der Waals surface area contributed by atoms with E-state index in [1.165, 1.54) is 18.1 Å². The summed E-state index contributed by atoms with van der Waals surface area (Å²) in [6.45, 7) is 14.6. The SMILES string of the molecule is C[C](C)(C)[Sn]([S]c1nc2ccccc2s1)([S]c1nc2ccccc2s1)[C](C)(C)C. The van der Waals surface area contributed by atoms with Crippen molar-refractivity contribution in [1.82, 2.24) is 9.97 Å². The van der Waals surface area contributed by atoms with Crippen LogP contribution in [0.25, 0.3) is 20.4 Å². The van der Waals surface area contributed by atoms with Crippen molar-refractivity contribution in [3.63, 3.8) is 0 Å². The van der Waals surface area contributed by atoms with Crippen molar-refractivity contribution in [1.29, 1.82) is 0 Å². The third kappa shape index (κ3) is 4.25. The first-order valence-corrected chi connectivity index (χ1v) is 22.8. The van der Waals surface area contributed by atoms with Gasteiger partial charge in [0.25, 0.3) is 0 Å². The Bertz CT molecular complexity index is 993. The van der Waals surface area contributed by atoms with E-state index in [1.807, 2.05) is 22.7 Å². The molecule has 0 unspecified atom stereocenters. The van der Waals surface area contributed by atoms with Crippen LogP contribution in [-0.2, 0) is 0 Å². The average Bonchev–Trinajstić information content (AvgIpc) is 3.21. The molecule has 2 aromatic carbocycles. The molecule has 2 heterocycles. The summed E-state index contributed by atoms with van der Waals surface area (Å²) in [5.41, 5.74) is 2.24. The Morgan fingerprint density at radius 1 is 0.655 bits per heavy atom. The molecule has 0 aliphatic rings. The zero-order valence-corrected chi connectivity index (χ0v) is 23.8. The van der Waals surface area contributed by atoms with Gasteiger partial charge in [-0.25, -0.2) is 0 Å². The molecule has 2 aromatic heterocycles. The van der Waals surface area contributed by atoms with Crippen LogP contribution in [0.3, 0.4) is 0 Å². The van der Waals surface area contributed by atoms with Gasteiger partial charge in [-0.05, 0) is 0 Å². The van der Waals surface area contributed by atoms with Gasteiger partial charge in [0.2, 0.25) is 0 Å². The Morgan fingerprint density at radius 2 is 1.03 bits per heavy atom. The molecule has 0 bridgehead atoms. The molecule has 2 nitrogen and oxygen atoms in total. The Balaban J connectivity index is 1.81. The molecule has 0 N–H and O–H groups in total. The van der Waals surface area contributed by atoms with E-state index in [1.54, 1.807) is 0 Å². The van der Waals surface area contributed by atoms with Gasteiger partial charge in [0.15, 0.2) is 0 Å². The second-order valence-corrected chi connectivity index (χ2v) is 38.5. The monoisotopic (exact) mass is 566 g/mol. The molecule has 0 saturated carbocycles. The topological polar surface area (TPSA) is 25.8 Å². The molecule has 0 amide bonds. The van der Waals surface area contributed by atoms with Crippen LogP contribution in [0.15, 0.2) is 57.2 Å². The van der Waals surface area contributed by atoms with Crippen molar-refractivity contribution in [3.8, 4) is 0 Å². The van der Waals surface area contributed by atoms with Crippen molar-refractivity contribution < 1.29 is 0 Å². The van der Waals surface area contributed by atoms with Crippen LogP contribution in [-0.4, -0.2) is 25.6 Å². The normalized spacial score (nSPS) is 13.4. The van der Waals surface area contributed by atoms with Gasteiger partial charge in [-0.3, -0.25) is 0 Å². The van der Waals surface area contributed by atoms with Crippen LogP contribution >= 0.6 is 40.6 Å². The van der Waals surface area contributed by atoms with E-state index in [-0.39, 0.29) is 6.86 Å². The molecule has 0 radical (unpaired) electrons. The molecule has 0 spiro atoms. The summed E-state index contributed by atoms with van der Waals surface area (Å²) in [6, 6.07) is 17.0. The summed E-state index contributed by atoms with van der Waals surface area (Å²) in [7, 11) is 4.26. The second-order valence-electron chi connectivity index (χ2n) is 9.22. The summed E-state index contributed by atoms with van der Waals surface area (Å²) in [5.74, 6) is 0. The quantitative estimate of drug-likeness (QED) is 0.231. The van der Waals surface area contributed by atoms with Gasteiger partial charge in [-0.15, -0.1) is 0 Å². The zero-order chi connectivity index (χ0) is 20.9. The molecule has 0 atom stereocenters. The molecule has 0 saturated heterocycles. The summed E-state index contributed by atoms with van der Waals surface area (Å²) >= 11 is 0.622. The van der Waals surface area contributed by atoms with Gasteiger partial charge in [-0.2, -0.15) is 0 Å². The van der Waals surface area contributed by atoms with Gasteiger partial charge in [0.05, 0.1) is 0 Å². The maximum absolute atomic E-state index is 5.01. The molecule has 29 heavy (non-hydrogen) atoms. The molecule has 152 valence electrons. The van der Waals surface area contributed by atoms with Gasteiger partial charge >= 0.3 is 192 Å². The number of nitrogens with zero attached hydrogens (tertiary/aromatic N) is 2. The zero-order valence-electron chi connectivity index (χ0n) is 17.6. The molecular weight excluding hydrogens is 539 g/mol. The minimum absolute atomic E-state index is 0.234. The summed E-state index contributed by atoms with van der Waals surface area (Å²) in [6.07, 6.45) is 0. The fourth-order valence-electron chi connectivity index (χ4n) is 3.79. The van der Waals surface area contributed by atoms with E-state index < -0.39 is 15.6 Å². The van der Waals surface area contributed by atoms with Crippen LogP contribution in [0.5, 0.6) is 0 Å². The predicted molar refractivity (Wildman–Crippen MR) is 136 cm³/mol. The summed E-state index contributed by atoms with van der Waals surface area (Å²) < 4.78 is 5.47. The Labute approximate surface area is 190 Å². The molecule has 7 heteroatoms. The summed E-state index contributed by atoms with van der Waals surface area (Å²) in [4.78, 5) is 10.0.